The van der Waals surface area contributed by atoms with Gasteiger partial charge in [-0.25, -0.2) is 9.37 Å². The monoisotopic (exact) mass is 466 g/mol. The molecule has 1 atom stereocenters. The van der Waals surface area contributed by atoms with Crippen LogP contribution in [0.3, 0.4) is 0 Å². The molecule has 2 aromatic carbocycles. The topological polar surface area (TPSA) is 106 Å². The number of H-pyrrole nitrogens is 1. The maximum absolute atomic E-state index is 13.8. The number of aromatic nitrogens is 5. The third-order valence-corrected chi connectivity index (χ3v) is 6.25. The molecule has 0 aliphatic rings. The van der Waals surface area contributed by atoms with Gasteiger partial charge in [0.25, 0.3) is 11.5 Å². The molecule has 2 aromatic heterocycles. The molecule has 4 rings (SSSR count). The smallest absolute Gasteiger partial charge is 0.258 e. The summed E-state index contributed by atoms with van der Waals surface area (Å²) in [6.45, 7) is 4.86. The Labute approximate surface area is 193 Å². The van der Waals surface area contributed by atoms with Crippen molar-refractivity contribution in [3.63, 3.8) is 0 Å². The molecule has 170 valence electrons. The number of amides is 1. The molecule has 0 aliphatic carbocycles. The normalized spacial score (nSPS) is 12.1. The van der Waals surface area contributed by atoms with E-state index in [1.807, 2.05) is 30.5 Å². The van der Waals surface area contributed by atoms with Gasteiger partial charge in [-0.3, -0.25) is 9.59 Å². The number of nitrogens with one attached hydrogen (secondary N) is 2. The maximum atomic E-state index is 13.8. The maximum Gasteiger partial charge on any atom is 0.258 e. The lowest BCUT2D eigenvalue weighted by molar-refractivity contribution is 0.0950. The Bertz CT molecular complexity index is 1350. The molecule has 1 amide bonds. The molecule has 0 bridgehead atoms. The van der Waals surface area contributed by atoms with Crippen LogP contribution in [0.4, 0.5) is 4.39 Å². The molecule has 4 aromatic rings. The second-order valence-electron chi connectivity index (χ2n) is 7.36. The van der Waals surface area contributed by atoms with E-state index in [0.29, 0.717) is 47.2 Å². The average Bonchev–Trinajstić information content (AvgIpc) is 3.20. The number of rotatable bonds is 8. The molecule has 2 N–H and O–H groups in total. The van der Waals surface area contributed by atoms with Gasteiger partial charge in [0.2, 0.25) is 0 Å². The van der Waals surface area contributed by atoms with Gasteiger partial charge in [0.15, 0.2) is 5.16 Å². The van der Waals surface area contributed by atoms with Crippen LogP contribution in [-0.2, 0) is 13.0 Å². The van der Waals surface area contributed by atoms with Gasteiger partial charge in [0.1, 0.15) is 17.5 Å². The van der Waals surface area contributed by atoms with Gasteiger partial charge >= 0.3 is 0 Å². The van der Waals surface area contributed by atoms with Crippen LogP contribution in [0.25, 0.3) is 10.9 Å². The summed E-state index contributed by atoms with van der Waals surface area (Å²) in [5, 5.41) is 12.4. The predicted molar refractivity (Wildman–Crippen MR) is 125 cm³/mol. The van der Waals surface area contributed by atoms with Crippen molar-refractivity contribution >= 4 is 28.6 Å². The molecular formula is C23H23FN6O2S. The van der Waals surface area contributed by atoms with E-state index in [2.05, 4.69) is 25.5 Å². The number of benzene rings is 2. The molecule has 0 aliphatic heterocycles. The molecule has 0 fully saturated rings. The van der Waals surface area contributed by atoms with Crippen molar-refractivity contribution in [3.8, 4) is 0 Å². The van der Waals surface area contributed by atoms with Crippen molar-refractivity contribution < 1.29 is 9.18 Å². The van der Waals surface area contributed by atoms with Gasteiger partial charge in [0.05, 0.1) is 21.7 Å². The Morgan fingerprint density at radius 1 is 1.18 bits per heavy atom. The first-order chi connectivity index (χ1) is 16.0. The zero-order chi connectivity index (χ0) is 23.4. The number of hydrogen-bond acceptors (Lipinski definition) is 6. The molecule has 0 saturated carbocycles. The summed E-state index contributed by atoms with van der Waals surface area (Å²) in [6.07, 6.45) is 0.445. The molecule has 0 unspecified atom stereocenters. The van der Waals surface area contributed by atoms with Crippen LogP contribution in [-0.4, -0.2) is 37.2 Å². The van der Waals surface area contributed by atoms with Gasteiger partial charge in [-0.1, -0.05) is 36.0 Å². The third kappa shape index (κ3) is 4.95. The van der Waals surface area contributed by atoms with Crippen LogP contribution < -0.4 is 10.9 Å². The number of aromatic amines is 1. The minimum atomic E-state index is -0.556. The first-order valence-electron chi connectivity index (χ1n) is 10.6. The van der Waals surface area contributed by atoms with Crippen molar-refractivity contribution in [2.24, 2.45) is 0 Å². The Kier molecular flexibility index (Phi) is 6.83. The SMILES string of the molecule is CCn1c(CCNC(=O)c2ccccc2F)nnc1S[C@H](C)c1nc2ccccc2c(=O)[nH]1. The lowest BCUT2D eigenvalue weighted by Gasteiger charge is -2.12. The molecule has 8 nitrogen and oxygen atoms in total. The van der Waals surface area contributed by atoms with E-state index in [9.17, 15) is 14.0 Å². The van der Waals surface area contributed by atoms with Gasteiger partial charge in [-0.15, -0.1) is 10.2 Å². The fourth-order valence-electron chi connectivity index (χ4n) is 3.45. The summed E-state index contributed by atoms with van der Waals surface area (Å²) in [5.41, 5.74) is 0.481. The summed E-state index contributed by atoms with van der Waals surface area (Å²) in [6, 6.07) is 13.1. The Morgan fingerprint density at radius 3 is 2.73 bits per heavy atom. The standard InChI is InChI=1S/C23H23FN6O2S/c1-3-30-19(12-13-25-21(31)15-8-4-6-10-17(15)24)28-29-23(30)33-14(2)20-26-18-11-7-5-9-16(18)22(32)27-20/h4-11,14H,3,12-13H2,1-2H3,(H,25,31)(H,26,27,32)/t14-/m1/s1. The molecule has 0 radical (unpaired) electrons. The number of thioether (sulfide) groups is 1. The fraction of sp³-hybridized carbons (Fsp3) is 0.261. The lowest BCUT2D eigenvalue weighted by Crippen LogP contribution is -2.27. The Hall–Kier alpha value is -3.53. The summed E-state index contributed by atoms with van der Waals surface area (Å²) in [5.74, 6) is 0.249. The van der Waals surface area contributed by atoms with Crippen LogP contribution in [0.15, 0.2) is 58.5 Å². The Morgan fingerprint density at radius 2 is 1.94 bits per heavy atom. The van der Waals surface area contributed by atoms with E-state index < -0.39 is 11.7 Å². The zero-order valence-corrected chi connectivity index (χ0v) is 19.0. The van der Waals surface area contributed by atoms with Crippen molar-refractivity contribution in [3.05, 3.63) is 81.9 Å². The van der Waals surface area contributed by atoms with E-state index in [1.54, 1.807) is 24.3 Å². The molecule has 0 spiro atoms. The lowest BCUT2D eigenvalue weighted by atomic mass is 10.2. The van der Waals surface area contributed by atoms with Crippen LogP contribution in [0.5, 0.6) is 0 Å². The highest BCUT2D eigenvalue weighted by atomic mass is 32.2. The second kappa shape index (κ2) is 9.95. The number of halogens is 1. The van der Waals surface area contributed by atoms with Crippen LogP contribution in [0, 0.1) is 5.82 Å². The van der Waals surface area contributed by atoms with E-state index >= 15 is 0 Å². The van der Waals surface area contributed by atoms with E-state index in [0.717, 1.165) is 0 Å². The minimum absolute atomic E-state index is 0.0106. The van der Waals surface area contributed by atoms with E-state index in [-0.39, 0.29) is 16.4 Å². The van der Waals surface area contributed by atoms with Gasteiger partial charge in [-0.2, -0.15) is 0 Å². The summed E-state index contributed by atoms with van der Waals surface area (Å²) in [4.78, 5) is 32.0. The summed E-state index contributed by atoms with van der Waals surface area (Å²) < 4.78 is 15.7. The highest BCUT2D eigenvalue weighted by Crippen LogP contribution is 2.32. The van der Waals surface area contributed by atoms with Gasteiger partial charge < -0.3 is 14.9 Å². The molecule has 33 heavy (non-hydrogen) atoms. The van der Waals surface area contributed by atoms with Gasteiger partial charge in [-0.05, 0) is 38.1 Å². The molecular weight excluding hydrogens is 443 g/mol. The van der Waals surface area contributed by atoms with E-state index in [1.165, 1.54) is 23.9 Å². The molecule has 0 saturated heterocycles. The number of carbonyl (C=O) groups is 1. The quantitative estimate of drug-likeness (QED) is 0.385. The number of para-hydroxylation sites is 1. The highest BCUT2D eigenvalue weighted by molar-refractivity contribution is 7.99. The number of fused-ring (bicyclic) bond motifs is 1. The van der Waals surface area contributed by atoms with Gasteiger partial charge in [0, 0.05) is 19.5 Å². The largest absolute Gasteiger partial charge is 0.351 e. The Balaban J connectivity index is 1.44. The molecule has 2 heterocycles. The second-order valence-corrected chi connectivity index (χ2v) is 8.67. The first kappa shape index (κ1) is 22.7. The van der Waals surface area contributed by atoms with Crippen molar-refractivity contribution in [2.75, 3.05) is 6.54 Å². The van der Waals surface area contributed by atoms with Crippen LogP contribution in [0.1, 0.15) is 41.1 Å². The minimum Gasteiger partial charge on any atom is -0.351 e. The molecule has 10 heteroatoms. The third-order valence-electron chi connectivity index (χ3n) is 5.16. The summed E-state index contributed by atoms with van der Waals surface area (Å²) in [7, 11) is 0. The van der Waals surface area contributed by atoms with Crippen molar-refractivity contribution in [1.82, 2.24) is 30.0 Å². The van der Waals surface area contributed by atoms with Crippen molar-refractivity contribution in [2.45, 2.75) is 37.2 Å². The number of hydrogen-bond donors (Lipinski definition) is 2. The highest BCUT2D eigenvalue weighted by Gasteiger charge is 2.18. The fourth-order valence-corrected chi connectivity index (χ4v) is 4.44. The first-order valence-corrected chi connectivity index (χ1v) is 11.5. The van der Waals surface area contributed by atoms with Crippen molar-refractivity contribution in [1.29, 1.82) is 0 Å². The van der Waals surface area contributed by atoms with Crippen LogP contribution in [0.2, 0.25) is 0 Å². The summed E-state index contributed by atoms with van der Waals surface area (Å²) >= 11 is 1.44. The number of nitrogens with zero attached hydrogens (tertiary/aromatic N) is 4. The zero-order valence-electron chi connectivity index (χ0n) is 18.2. The number of carbonyl (C=O) groups excluding carboxylic acids is 1. The predicted octanol–water partition coefficient (Wildman–Crippen LogP) is 3.50. The average molecular weight is 467 g/mol. The van der Waals surface area contributed by atoms with E-state index in [4.69, 9.17) is 0 Å². The van der Waals surface area contributed by atoms with Crippen LogP contribution >= 0.6 is 11.8 Å².